The molecule has 70 valence electrons. The Kier molecular flexibility index (Phi) is 3.52. The Morgan fingerprint density at radius 2 is 2.54 bits per heavy atom. The van der Waals surface area contributed by atoms with Gasteiger partial charge >= 0.3 is 6.09 Å². The molecule has 0 aliphatic heterocycles. The van der Waals surface area contributed by atoms with Crippen molar-refractivity contribution < 1.29 is 9.53 Å². The first-order chi connectivity index (χ1) is 6.24. The lowest BCUT2D eigenvalue weighted by atomic mass is 10.4. The highest BCUT2D eigenvalue weighted by Gasteiger charge is 2.04. The van der Waals surface area contributed by atoms with Crippen molar-refractivity contribution in [2.24, 2.45) is 0 Å². The normalized spacial score (nSPS) is 9.31. The van der Waals surface area contributed by atoms with Crippen LogP contribution < -0.4 is 5.32 Å². The van der Waals surface area contributed by atoms with Gasteiger partial charge in [-0.05, 0) is 18.4 Å². The minimum Gasteiger partial charge on any atom is -0.450 e. The van der Waals surface area contributed by atoms with Crippen LogP contribution in [-0.2, 0) is 4.74 Å². The maximum absolute atomic E-state index is 11.0. The Balaban J connectivity index is 2.47. The molecule has 1 amide bonds. The predicted molar refractivity (Wildman–Crippen MR) is 53.5 cm³/mol. The first-order valence-electron chi connectivity index (χ1n) is 3.90. The lowest BCUT2D eigenvalue weighted by Gasteiger charge is -2.05. The second-order valence-electron chi connectivity index (χ2n) is 2.30. The van der Waals surface area contributed by atoms with Crippen molar-refractivity contribution in [2.45, 2.75) is 6.92 Å². The number of carbonyl (C=O) groups is 1. The van der Waals surface area contributed by atoms with Crippen LogP contribution in [-0.4, -0.2) is 12.7 Å². The van der Waals surface area contributed by atoms with Gasteiger partial charge in [0.15, 0.2) is 0 Å². The smallest absolute Gasteiger partial charge is 0.411 e. The summed E-state index contributed by atoms with van der Waals surface area (Å²) in [5, 5.41) is 4.46. The van der Waals surface area contributed by atoms with Crippen LogP contribution in [0.15, 0.2) is 24.1 Å². The van der Waals surface area contributed by atoms with E-state index in [2.05, 4.69) is 11.9 Å². The Labute approximate surface area is 81.0 Å². The Bertz CT molecular complexity index is 293. The van der Waals surface area contributed by atoms with Gasteiger partial charge in [0, 0.05) is 0 Å². The Hall–Kier alpha value is -1.29. The lowest BCUT2D eigenvalue weighted by molar-refractivity contribution is 0.157. The summed E-state index contributed by atoms with van der Waals surface area (Å²) in [4.78, 5) is 11.9. The molecule has 0 unspecified atom stereocenters. The van der Waals surface area contributed by atoms with Gasteiger partial charge in [-0.25, -0.2) is 4.79 Å². The van der Waals surface area contributed by atoms with Crippen molar-refractivity contribution in [1.29, 1.82) is 0 Å². The zero-order valence-corrected chi connectivity index (χ0v) is 8.19. The largest absolute Gasteiger partial charge is 0.450 e. The molecule has 1 heterocycles. The third kappa shape index (κ3) is 2.91. The molecule has 1 aromatic rings. The molecule has 0 spiro atoms. The lowest BCUT2D eigenvalue weighted by Crippen LogP contribution is -2.21. The zero-order chi connectivity index (χ0) is 9.68. The Morgan fingerprint density at radius 1 is 1.77 bits per heavy atom. The van der Waals surface area contributed by atoms with E-state index in [1.165, 1.54) is 11.3 Å². The van der Waals surface area contributed by atoms with Crippen molar-refractivity contribution in [3.05, 3.63) is 29.0 Å². The third-order valence-corrected chi connectivity index (χ3v) is 2.28. The molecule has 0 bridgehead atoms. The number of nitrogens with one attached hydrogen (secondary N) is 1. The van der Waals surface area contributed by atoms with Crippen LogP contribution in [0.4, 0.5) is 4.79 Å². The van der Waals surface area contributed by atoms with Crippen LogP contribution in [0.5, 0.6) is 0 Å². The van der Waals surface area contributed by atoms with Gasteiger partial charge in [0.1, 0.15) is 0 Å². The second kappa shape index (κ2) is 4.67. The number of amides is 1. The zero-order valence-electron chi connectivity index (χ0n) is 7.37. The van der Waals surface area contributed by atoms with E-state index in [4.69, 9.17) is 4.74 Å². The number of alkyl carbamates (subject to hydrolysis) is 1. The topological polar surface area (TPSA) is 38.3 Å². The summed E-state index contributed by atoms with van der Waals surface area (Å²) in [7, 11) is 0. The summed E-state index contributed by atoms with van der Waals surface area (Å²) in [5.41, 5.74) is 0.577. The number of carbonyl (C=O) groups excluding carboxylic acids is 1. The molecule has 0 saturated carbocycles. The summed E-state index contributed by atoms with van der Waals surface area (Å²) < 4.78 is 4.70. The summed E-state index contributed by atoms with van der Waals surface area (Å²) >= 11 is 1.52. The van der Waals surface area contributed by atoms with Gasteiger partial charge in [-0.2, -0.15) is 0 Å². The summed E-state index contributed by atoms with van der Waals surface area (Å²) in [6.45, 7) is 5.84. The van der Waals surface area contributed by atoms with E-state index >= 15 is 0 Å². The van der Waals surface area contributed by atoms with Crippen LogP contribution in [0, 0.1) is 0 Å². The fourth-order valence-electron chi connectivity index (χ4n) is 0.802. The molecular formula is C9H11NO2S. The molecule has 0 aliphatic rings. The van der Waals surface area contributed by atoms with E-state index in [0.717, 1.165) is 4.88 Å². The van der Waals surface area contributed by atoms with Crippen molar-refractivity contribution in [2.75, 3.05) is 6.61 Å². The van der Waals surface area contributed by atoms with E-state index < -0.39 is 6.09 Å². The fourth-order valence-corrected chi connectivity index (χ4v) is 1.46. The highest BCUT2D eigenvalue weighted by atomic mass is 32.1. The van der Waals surface area contributed by atoms with Crippen LogP contribution in [0.3, 0.4) is 0 Å². The molecule has 0 fully saturated rings. The average molecular weight is 197 g/mol. The summed E-state index contributed by atoms with van der Waals surface area (Å²) in [5.74, 6) is 0. The van der Waals surface area contributed by atoms with Crippen molar-refractivity contribution in [3.63, 3.8) is 0 Å². The summed E-state index contributed by atoms with van der Waals surface area (Å²) in [6, 6.07) is 3.79. The van der Waals surface area contributed by atoms with Gasteiger partial charge in [-0.3, -0.25) is 5.32 Å². The first kappa shape index (κ1) is 9.80. The molecule has 1 aromatic heterocycles. The van der Waals surface area contributed by atoms with Crippen LogP contribution >= 0.6 is 11.3 Å². The molecule has 0 aliphatic carbocycles. The monoisotopic (exact) mass is 197 g/mol. The average Bonchev–Trinajstić information content (AvgIpc) is 2.55. The van der Waals surface area contributed by atoms with Gasteiger partial charge in [0.05, 0.1) is 17.2 Å². The molecule has 0 radical (unpaired) electrons. The maximum Gasteiger partial charge on any atom is 0.411 e. The number of thiophene rings is 1. The SMILES string of the molecule is C=C(NC(=O)OCC)c1cccs1. The molecule has 0 aromatic carbocycles. The van der Waals surface area contributed by atoms with Crippen molar-refractivity contribution >= 4 is 23.1 Å². The molecule has 1 rings (SSSR count). The quantitative estimate of drug-likeness (QED) is 0.808. The standard InChI is InChI=1S/C9H11NO2S/c1-3-12-9(11)10-7(2)8-5-4-6-13-8/h4-6H,2-3H2,1H3,(H,10,11). The van der Waals surface area contributed by atoms with Gasteiger partial charge in [-0.1, -0.05) is 12.6 Å². The Morgan fingerprint density at radius 3 is 3.08 bits per heavy atom. The molecule has 0 atom stereocenters. The highest BCUT2D eigenvalue weighted by molar-refractivity contribution is 7.11. The fraction of sp³-hybridized carbons (Fsp3) is 0.222. The van der Waals surface area contributed by atoms with Gasteiger partial charge in [-0.15, -0.1) is 11.3 Å². The predicted octanol–water partition coefficient (Wildman–Crippen LogP) is 2.46. The second-order valence-corrected chi connectivity index (χ2v) is 3.25. The molecule has 13 heavy (non-hydrogen) atoms. The van der Waals surface area contributed by atoms with E-state index in [9.17, 15) is 4.79 Å². The van der Waals surface area contributed by atoms with Gasteiger partial charge in [0.2, 0.25) is 0 Å². The summed E-state index contributed by atoms with van der Waals surface area (Å²) in [6.07, 6.45) is -0.457. The number of rotatable bonds is 3. The molecule has 0 saturated heterocycles. The minimum absolute atomic E-state index is 0.365. The molecule has 4 heteroatoms. The first-order valence-corrected chi connectivity index (χ1v) is 4.78. The molecule has 3 nitrogen and oxygen atoms in total. The van der Waals surface area contributed by atoms with Crippen molar-refractivity contribution in [3.8, 4) is 0 Å². The van der Waals surface area contributed by atoms with Gasteiger partial charge < -0.3 is 4.74 Å². The number of hydrogen-bond acceptors (Lipinski definition) is 3. The van der Waals surface area contributed by atoms with E-state index in [-0.39, 0.29) is 0 Å². The molecule has 1 N–H and O–H groups in total. The number of ether oxygens (including phenoxy) is 1. The maximum atomic E-state index is 11.0. The van der Waals surface area contributed by atoms with Crippen LogP contribution in [0.25, 0.3) is 5.70 Å². The van der Waals surface area contributed by atoms with Crippen molar-refractivity contribution in [1.82, 2.24) is 5.32 Å². The van der Waals surface area contributed by atoms with E-state index in [0.29, 0.717) is 12.3 Å². The van der Waals surface area contributed by atoms with E-state index in [1.54, 1.807) is 6.92 Å². The van der Waals surface area contributed by atoms with E-state index in [1.807, 2.05) is 17.5 Å². The van der Waals surface area contributed by atoms with Crippen LogP contribution in [0.2, 0.25) is 0 Å². The minimum atomic E-state index is -0.457. The third-order valence-electron chi connectivity index (χ3n) is 1.35. The van der Waals surface area contributed by atoms with Crippen LogP contribution in [0.1, 0.15) is 11.8 Å². The highest BCUT2D eigenvalue weighted by Crippen LogP contribution is 2.15. The molecular weight excluding hydrogens is 186 g/mol. The van der Waals surface area contributed by atoms with Gasteiger partial charge in [0.25, 0.3) is 0 Å². The number of hydrogen-bond donors (Lipinski definition) is 1.